The fraction of sp³-hybridized carbons (Fsp3) is 0.400. The average molecular weight is 349 g/mol. The van der Waals surface area contributed by atoms with Gasteiger partial charge in [0.15, 0.2) is 5.13 Å². The molecule has 0 aliphatic rings. The van der Waals surface area contributed by atoms with E-state index in [1.54, 1.807) is 40.9 Å². The molecule has 0 saturated heterocycles. The minimum atomic E-state index is -0.471. The molecule has 24 heavy (non-hydrogen) atoms. The van der Waals surface area contributed by atoms with Gasteiger partial charge in [-0.05, 0) is 26.8 Å². The SMILES string of the molecule is Cc1cc(C)n(CC(=O)Nc2nc(C)c(C(=O)N(C)C)s2)c(=O)n1. The fourth-order valence-corrected chi connectivity index (χ4v) is 3.12. The van der Waals surface area contributed by atoms with Crippen molar-refractivity contribution in [2.45, 2.75) is 27.3 Å². The zero-order valence-electron chi connectivity index (χ0n) is 14.2. The summed E-state index contributed by atoms with van der Waals surface area (Å²) in [5.74, 6) is -0.566. The molecule has 0 aromatic carbocycles. The van der Waals surface area contributed by atoms with Crippen LogP contribution >= 0.6 is 11.3 Å². The highest BCUT2D eigenvalue weighted by molar-refractivity contribution is 7.17. The first-order valence-corrected chi connectivity index (χ1v) is 8.04. The summed E-state index contributed by atoms with van der Waals surface area (Å²) in [6.07, 6.45) is 0. The number of hydrogen-bond acceptors (Lipinski definition) is 6. The topological polar surface area (TPSA) is 97.2 Å². The van der Waals surface area contributed by atoms with Crippen molar-refractivity contribution in [3.8, 4) is 0 Å². The van der Waals surface area contributed by atoms with Gasteiger partial charge in [-0.1, -0.05) is 11.3 Å². The molecule has 2 heterocycles. The number of nitrogens with one attached hydrogen (secondary N) is 1. The Morgan fingerprint density at radius 1 is 1.25 bits per heavy atom. The smallest absolute Gasteiger partial charge is 0.344 e. The zero-order valence-corrected chi connectivity index (χ0v) is 15.0. The standard InChI is InChI=1S/C15H19N5O3S/c1-8-6-9(2)20(15(23)16-8)7-11(21)18-14-17-10(3)12(24-14)13(22)19(4)5/h6H,7H2,1-5H3,(H,17,18,21). The van der Waals surface area contributed by atoms with Gasteiger partial charge >= 0.3 is 5.69 Å². The molecule has 0 saturated carbocycles. The van der Waals surface area contributed by atoms with Gasteiger partial charge in [-0.15, -0.1) is 0 Å². The van der Waals surface area contributed by atoms with E-state index < -0.39 is 11.6 Å². The molecule has 9 heteroatoms. The second-order valence-corrected chi connectivity index (χ2v) is 6.59. The van der Waals surface area contributed by atoms with E-state index in [9.17, 15) is 14.4 Å². The number of aromatic nitrogens is 3. The van der Waals surface area contributed by atoms with Gasteiger partial charge in [0.25, 0.3) is 5.91 Å². The van der Waals surface area contributed by atoms with Gasteiger partial charge in [-0.3, -0.25) is 14.2 Å². The van der Waals surface area contributed by atoms with Crippen LogP contribution in [0.25, 0.3) is 0 Å². The van der Waals surface area contributed by atoms with Crippen molar-refractivity contribution in [1.29, 1.82) is 0 Å². The van der Waals surface area contributed by atoms with Crippen molar-refractivity contribution in [3.05, 3.63) is 38.5 Å². The molecule has 0 atom stereocenters. The number of hydrogen-bond donors (Lipinski definition) is 1. The molecule has 128 valence electrons. The van der Waals surface area contributed by atoms with Gasteiger partial charge in [0, 0.05) is 25.5 Å². The Morgan fingerprint density at radius 3 is 2.50 bits per heavy atom. The van der Waals surface area contributed by atoms with Crippen LogP contribution in [0.3, 0.4) is 0 Å². The average Bonchev–Trinajstić information content (AvgIpc) is 2.82. The summed E-state index contributed by atoms with van der Waals surface area (Å²) in [5, 5.41) is 2.95. The number of carbonyl (C=O) groups excluding carboxylic acids is 2. The lowest BCUT2D eigenvalue weighted by atomic mass is 10.3. The molecule has 0 unspecified atom stereocenters. The maximum Gasteiger partial charge on any atom is 0.348 e. The van der Waals surface area contributed by atoms with E-state index in [-0.39, 0.29) is 12.5 Å². The van der Waals surface area contributed by atoms with E-state index in [2.05, 4.69) is 15.3 Å². The first kappa shape index (κ1) is 17.8. The molecule has 2 aromatic heterocycles. The Kier molecular flexibility index (Phi) is 5.13. The van der Waals surface area contributed by atoms with Crippen LogP contribution < -0.4 is 11.0 Å². The normalized spacial score (nSPS) is 10.5. The Hall–Kier alpha value is -2.55. The number of aryl methyl sites for hydroxylation is 3. The van der Waals surface area contributed by atoms with E-state index in [1.165, 1.54) is 9.47 Å². The van der Waals surface area contributed by atoms with Crippen molar-refractivity contribution in [2.24, 2.45) is 0 Å². The number of anilines is 1. The molecule has 0 radical (unpaired) electrons. The lowest BCUT2D eigenvalue weighted by Crippen LogP contribution is -2.31. The minimum Gasteiger partial charge on any atom is -0.344 e. The third-order valence-electron chi connectivity index (χ3n) is 3.29. The maximum absolute atomic E-state index is 12.2. The Balaban J connectivity index is 2.15. The summed E-state index contributed by atoms with van der Waals surface area (Å²) in [6, 6.07) is 1.73. The van der Waals surface area contributed by atoms with Crippen LogP contribution in [0.1, 0.15) is 26.8 Å². The van der Waals surface area contributed by atoms with Crippen molar-refractivity contribution in [3.63, 3.8) is 0 Å². The van der Waals surface area contributed by atoms with Gasteiger partial charge in [0.1, 0.15) is 11.4 Å². The van der Waals surface area contributed by atoms with Crippen molar-refractivity contribution in [2.75, 3.05) is 19.4 Å². The Morgan fingerprint density at radius 2 is 1.92 bits per heavy atom. The summed E-state index contributed by atoms with van der Waals surface area (Å²) in [6.45, 7) is 5.01. The number of amides is 2. The largest absolute Gasteiger partial charge is 0.348 e. The molecule has 0 aliphatic heterocycles. The molecule has 0 aliphatic carbocycles. The zero-order chi connectivity index (χ0) is 18.0. The first-order chi connectivity index (χ1) is 11.2. The van der Waals surface area contributed by atoms with Crippen LogP contribution in [0, 0.1) is 20.8 Å². The quantitative estimate of drug-likeness (QED) is 0.887. The highest BCUT2D eigenvalue weighted by atomic mass is 32.1. The van der Waals surface area contributed by atoms with Gasteiger partial charge in [-0.25, -0.2) is 9.78 Å². The highest BCUT2D eigenvalue weighted by Crippen LogP contribution is 2.23. The lowest BCUT2D eigenvalue weighted by molar-refractivity contribution is -0.116. The van der Waals surface area contributed by atoms with Gasteiger partial charge in [-0.2, -0.15) is 4.98 Å². The summed E-state index contributed by atoms with van der Waals surface area (Å²) in [4.78, 5) is 46.0. The molecule has 0 bridgehead atoms. The summed E-state index contributed by atoms with van der Waals surface area (Å²) >= 11 is 1.11. The predicted molar refractivity (Wildman–Crippen MR) is 91.5 cm³/mol. The third kappa shape index (κ3) is 3.85. The molecular formula is C15H19N5O3S. The summed E-state index contributed by atoms with van der Waals surface area (Å²) in [7, 11) is 3.30. The van der Waals surface area contributed by atoms with Crippen LogP contribution in [-0.2, 0) is 11.3 Å². The molecule has 1 N–H and O–H groups in total. The van der Waals surface area contributed by atoms with Crippen molar-refractivity contribution < 1.29 is 9.59 Å². The second kappa shape index (κ2) is 6.91. The number of rotatable bonds is 4. The van der Waals surface area contributed by atoms with E-state index in [1.807, 2.05) is 0 Å². The Bertz CT molecular complexity index is 853. The van der Waals surface area contributed by atoms with Gasteiger partial charge in [0.05, 0.1) is 5.69 Å². The minimum absolute atomic E-state index is 0.159. The fourth-order valence-electron chi connectivity index (χ4n) is 2.12. The molecule has 2 amide bonds. The van der Waals surface area contributed by atoms with Crippen LogP contribution in [0.5, 0.6) is 0 Å². The van der Waals surface area contributed by atoms with Gasteiger partial charge in [0.2, 0.25) is 5.91 Å². The lowest BCUT2D eigenvalue weighted by Gasteiger charge is -2.09. The monoisotopic (exact) mass is 349 g/mol. The first-order valence-electron chi connectivity index (χ1n) is 7.23. The van der Waals surface area contributed by atoms with Crippen LogP contribution in [0.4, 0.5) is 5.13 Å². The molecular weight excluding hydrogens is 330 g/mol. The summed E-state index contributed by atoms with van der Waals surface area (Å²) in [5.41, 5.74) is 1.35. The van der Waals surface area contributed by atoms with Crippen molar-refractivity contribution in [1.82, 2.24) is 19.4 Å². The third-order valence-corrected chi connectivity index (χ3v) is 4.35. The molecule has 2 rings (SSSR count). The molecule has 8 nitrogen and oxygen atoms in total. The van der Waals surface area contributed by atoms with E-state index in [4.69, 9.17) is 0 Å². The highest BCUT2D eigenvalue weighted by Gasteiger charge is 2.18. The van der Waals surface area contributed by atoms with Crippen LogP contribution in [-0.4, -0.2) is 45.3 Å². The number of carbonyl (C=O) groups is 2. The van der Waals surface area contributed by atoms with E-state index in [0.717, 1.165) is 11.3 Å². The van der Waals surface area contributed by atoms with Crippen LogP contribution in [0.15, 0.2) is 10.9 Å². The van der Waals surface area contributed by atoms with Gasteiger partial charge < -0.3 is 10.2 Å². The molecule has 0 fully saturated rings. The molecule has 2 aromatic rings. The second-order valence-electron chi connectivity index (χ2n) is 5.59. The predicted octanol–water partition coefficient (Wildman–Crippen LogP) is 0.966. The van der Waals surface area contributed by atoms with Crippen LogP contribution in [0.2, 0.25) is 0 Å². The van der Waals surface area contributed by atoms with E-state index >= 15 is 0 Å². The number of thiazole rings is 1. The van der Waals surface area contributed by atoms with E-state index in [0.29, 0.717) is 27.1 Å². The Labute approximate surface area is 143 Å². The van der Waals surface area contributed by atoms with Crippen molar-refractivity contribution >= 4 is 28.3 Å². The maximum atomic E-state index is 12.2. The number of nitrogens with zero attached hydrogens (tertiary/aromatic N) is 4. The summed E-state index contributed by atoms with van der Waals surface area (Å²) < 4.78 is 1.29. The molecule has 0 spiro atoms.